The minimum Gasteiger partial charge on any atom is -0.241 e. The lowest BCUT2D eigenvalue weighted by molar-refractivity contribution is 0.579. The van der Waals surface area contributed by atoms with Crippen molar-refractivity contribution in [1.29, 1.82) is 0 Å². The van der Waals surface area contributed by atoms with Gasteiger partial charge < -0.3 is 0 Å². The van der Waals surface area contributed by atoms with Crippen molar-refractivity contribution in [1.82, 2.24) is 9.71 Å². The van der Waals surface area contributed by atoms with Gasteiger partial charge in [0, 0.05) is 13.0 Å². The lowest BCUT2D eigenvalue weighted by Gasteiger charge is -2.05. The van der Waals surface area contributed by atoms with E-state index in [-0.39, 0.29) is 0 Å². The fraction of sp³-hybridized carbons (Fsp3) is 0.188. The molecule has 0 saturated carbocycles. The molecule has 0 atom stereocenters. The van der Waals surface area contributed by atoms with E-state index in [1.807, 2.05) is 18.2 Å². The molecule has 114 valence electrons. The van der Waals surface area contributed by atoms with Crippen molar-refractivity contribution in [3.05, 3.63) is 59.6 Å². The van der Waals surface area contributed by atoms with Crippen molar-refractivity contribution in [3.8, 4) is 0 Å². The third-order valence-corrected chi connectivity index (χ3v) is 5.82. The first-order valence-corrected chi connectivity index (χ1v) is 9.34. The minimum absolute atomic E-state index is 0.301. The number of para-hydroxylation sites is 1. The average Bonchev–Trinajstić information content (AvgIpc) is 2.95. The molecule has 3 rings (SSSR count). The van der Waals surface area contributed by atoms with Gasteiger partial charge in [-0.1, -0.05) is 30.3 Å². The van der Waals surface area contributed by atoms with Crippen LogP contribution in [0.15, 0.2) is 59.5 Å². The zero-order chi connectivity index (χ0) is 15.4. The molecular formula is C16H16N2O2S2. The van der Waals surface area contributed by atoms with E-state index in [0.29, 0.717) is 11.4 Å². The van der Waals surface area contributed by atoms with Gasteiger partial charge in [-0.2, -0.15) is 0 Å². The van der Waals surface area contributed by atoms with E-state index < -0.39 is 10.0 Å². The molecule has 0 aliphatic rings. The second-order valence-electron chi connectivity index (χ2n) is 4.89. The number of hydrogen-bond acceptors (Lipinski definition) is 4. The molecule has 6 heteroatoms. The number of rotatable bonds is 6. The van der Waals surface area contributed by atoms with E-state index in [1.54, 1.807) is 41.7 Å². The maximum Gasteiger partial charge on any atom is 0.240 e. The standard InChI is InChI=1S/C16H16N2O2S2/c19-22(20,13-7-2-1-3-8-13)17-12-6-11-16-18-14-9-4-5-10-15(14)21-16/h1-5,7-10,17H,6,11-12H2. The van der Waals surface area contributed by atoms with Crippen LogP contribution in [-0.2, 0) is 16.4 Å². The summed E-state index contributed by atoms with van der Waals surface area (Å²) in [6.45, 7) is 0.410. The normalized spacial score (nSPS) is 11.8. The molecule has 4 nitrogen and oxygen atoms in total. The van der Waals surface area contributed by atoms with Crippen molar-refractivity contribution >= 4 is 31.6 Å². The Labute approximate surface area is 133 Å². The van der Waals surface area contributed by atoms with Gasteiger partial charge in [-0.25, -0.2) is 18.1 Å². The van der Waals surface area contributed by atoms with E-state index in [0.717, 1.165) is 23.4 Å². The summed E-state index contributed by atoms with van der Waals surface area (Å²) < 4.78 is 27.9. The Hall–Kier alpha value is -1.76. The highest BCUT2D eigenvalue weighted by atomic mass is 32.2. The molecule has 3 aromatic rings. The first-order valence-electron chi connectivity index (χ1n) is 7.04. The maximum absolute atomic E-state index is 12.1. The highest BCUT2D eigenvalue weighted by Crippen LogP contribution is 2.22. The number of aryl methyl sites for hydroxylation is 1. The number of fused-ring (bicyclic) bond motifs is 1. The smallest absolute Gasteiger partial charge is 0.240 e. The van der Waals surface area contributed by atoms with Crippen molar-refractivity contribution in [2.24, 2.45) is 0 Å². The number of nitrogens with zero attached hydrogens (tertiary/aromatic N) is 1. The maximum atomic E-state index is 12.1. The molecule has 0 aliphatic heterocycles. The molecule has 0 amide bonds. The zero-order valence-corrected chi connectivity index (χ0v) is 13.5. The summed E-state index contributed by atoms with van der Waals surface area (Å²) in [5, 5.41) is 1.04. The molecule has 1 heterocycles. The third-order valence-electron chi connectivity index (χ3n) is 3.25. The van der Waals surface area contributed by atoms with E-state index in [2.05, 4.69) is 15.8 Å². The van der Waals surface area contributed by atoms with Crippen LogP contribution in [0, 0.1) is 0 Å². The number of thiazole rings is 1. The summed E-state index contributed by atoms with van der Waals surface area (Å²) in [5.41, 5.74) is 1.01. The minimum atomic E-state index is -3.41. The van der Waals surface area contributed by atoms with Crippen LogP contribution in [0.2, 0.25) is 0 Å². The topological polar surface area (TPSA) is 59.1 Å². The Balaban J connectivity index is 1.55. The summed E-state index contributed by atoms with van der Waals surface area (Å²) in [6.07, 6.45) is 1.50. The van der Waals surface area contributed by atoms with E-state index in [4.69, 9.17) is 0 Å². The van der Waals surface area contributed by atoms with Crippen LogP contribution < -0.4 is 4.72 Å². The number of benzene rings is 2. The first kappa shape index (κ1) is 15.1. The molecule has 22 heavy (non-hydrogen) atoms. The molecule has 1 N–H and O–H groups in total. The first-order chi connectivity index (χ1) is 10.6. The van der Waals surface area contributed by atoms with Gasteiger partial charge in [-0.05, 0) is 30.7 Å². The van der Waals surface area contributed by atoms with E-state index in [1.165, 1.54) is 4.70 Å². The van der Waals surface area contributed by atoms with Crippen molar-refractivity contribution in [3.63, 3.8) is 0 Å². The number of aromatic nitrogens is 1. The van der Waals surface area contributed by atoms with Gasteiger partial charge in [0.1, 0.15) is 0 Å². The molecule has 0 fully saturated rings. The highest BCUT2D eigenvalue weighted by molar-refractivity contribution is 7.89. The molecule has 1 aromatic heterocycles. The van der Waals surface area contributed by atoms with E-state index >= 15 is 0 Å². The Morgan fingerprint density at radius 3 is 2.50 bits per heavy atom. The van der Waals surface area contributed by atoms with Gasteiger partial charge in [-0.3, -0.25) is 0 Å². The lowest BCUT2D eigenvalue weighted by Crippen LogP contribution is -2.25. The van der Waals surface area contributed by atoms with Gasteiger partial charge in [0.2, 0.25) is 10.0 Å². The van der Waals surface area contributed by atoms with Crippen molar-refractivity contribution < 1.29 is 8.42 Å². The predicted octanol–water partition coefficient (Wildman–Crippen LogP) is 3.21. The summed E-state index contributed by atoms with van der Waals surface area (Å²) in [7, 11) is -3.41. The number of nitrogens with one attached hydrogen (secondary N) is 1. The van der Waals surface area contributed by atoms with Crippen LogP contribution >= 0.6 is 11.3 Å². The molecule has 2 aromatic carbocycles. The van der Waals surface area contributed by atoms with Gasteiger partial charge in [0.05, 0.1) is 20.1 Å². The van der Waals surface area contributed by atoms with Crippen LogP contribution in [-0.4, -0.2) is 19.9 Å². The van der Waals surface area contributed by atoms with Crippen LogP contribution in [0.1, 0.15) is 11.4 Å². The van der Waals surface area contributed by atoms with Crippen LogP contribution in [0.3, 0.4) is 0 Å². The SMILES string of the molecule is O=S(=O)(NCCCc1nc2ccccc2s1)c1ccccc1. The lowest BCUT2D eigenvalue weighted by atomic mass is 10.3. The highest BCUT2D eigenvalue weighted by Gasteiger charge is 2.12. The summed E-state index contributed by atoms with van der Waals surface area (Å²) in [5.74, 6) is 0. The molecule has 0 unspecified atom stereocenters. The van der Waals surface area contributed by atoms with Gasteiger partial charge >= 0.3 is 0 Å². The van der Waals surface area contributed by atoms with Crippen molar-refractivity contribution in [2.75, 3.05) is 6.54 Å². The Morgan fingerprint density at radius 2 is 1.73 bits per heavy atom. The quantitative estimate of drug-likeness (QED) is 0.705. The van der Waals surface area contributed by atoms with E-state index in [9.17, 15) is 8.42 Å². The monoisotopic (exact) mass is 332 g/mol. The Bertz CT molecular complexity index is 825. The van der Waals surface area contributed by atoms with Crippen molar-refractivity contribution in [2.45, 2.75) is 17.7 Å². The molecule has 0 spiro atoms. The molecule has 0 bridgehead atoms. The van der Waals surface area contributed by atoms with Gasteiger partial charge in [-0.15, -0.1) is 11.3 Å². The summed E-state index contributed by atoms with van der Waals surface area (Å²) in [4.78, 5) is 4.85. The number of hydrogen-bond donors (Lipinski definition) is 1. The summed E-state index contributed by atoms with van der Waals surface area (Å²) in [6, 6.07) is 16.4. The molecule has 0 saturated heterocycles. The molecular weight excluding hydrogens is 316 g/mol. The zero-order valence-electron chi connectivity index (χ0n) is 11.9. The molecule has 0 aliphatic carbocycles. The largest absolute Gasteiger partial charge is 0.241 e. The number of sulfonamides is 1. The van der Waals surface area contributed by atoms with Gasteiger partial charge in [0.25, 0.3) is 0 Å². The Kier molecular flexibility index (Phi) is 4.52. The van der Waals surface area contributed by atoms with Crippen LogP contribution in [0.4, 0.5) is 0 Å². The van der Waals surface area contributed by atoms with Crippen LogP contribution in [0.25, 0.3) is 10.2 Å². The predicted molar refractivity (Wildman–Crippen MR) is 89.6 cm³/mol. The fourth-order valence-electron chi connectivity index (χ4n) is 2.16. The molecule has 0 radical (unpaired) electrons. The second kappa shape index (κ2) is 6.56. The third kappa shape index (κ3) is 3.52. The van der Waals surface area contributed by atoms with Gasteiger partial charge in [0.15, 0.2) is 0 Å². The second-order valence-corrected chi connectivity index (χ2v) is 7.77. The Morgan fingerprint density at radius 1 is 1.00 bits per heavy atom. The summed E-state index contributed by atoms with van der Waals surface area (Å²) >= 11 is 1.66. The van der Waals surface area contributed by atoms with Crippen LogP contribution in [0.5, 0.6) is 0 Å². The average molecular weight is 332 g/mol. The fourth-order valence-corrected chi connectivity index (χ4v) is 4.26.